The zero-order valence-electron chi connectivity index (χ0n) is 16.9. The SMILES string of the molecule is CCOc1ccc(CN2C[C@@H]3CCC[C@@H](C2)C3N2CCOCC2)cc1OC. The summed E-state index contributed by atoms with van der Waals surface area (Å²) in [5.74, 6) is 3.30. The topological polar surface area (TPSA) is 34.2 Å². The number of rotatable bonds is 6. The Morgan fingerprint density at radius 3 is 2.48 bits per heavy atom. The number of hydrogen-bond donors (Lipinski definition) is 0. The van der Waals surface area contributed by atoms with Crippen molar-refractivity contribution in [3.8, 4) is 11.5 Å². The minimum atomic E-state index is 0.661. The number of ether oxygens (including phenoxy) is 3. The molecule has 5 heteroatoms. The molecule has 1 aliphatic carbocycles. The Bertz CT molecular complexity index is 604. The molecule has 0 radical (unpaired) electrons. The van der Waals surface area contributed by atoms with E-state index < -0.39 is 0 Å². The van der Waals surface area contributed by atoms with E-state index in [1.165, 1.54) is 37.9 Å². The molecule has 1 aromatic carbocycles. The van der Waals surface area contributed by atoms with Crippen LogP contribution in [0.2, 0.25) is 0 Å². The number of fused-ring (bicyclic) bond motifs is 2. The molecule has 0 spiro atoms. The van der Waals surface area contributed by atoms with Gasteiger partial charge in [0.2, 0.25) is 0 Å². The minimum absolute atomic E-state index is 0.661. The van der Waals surface area contributed by atoms with Gasteiger partial charge in [0.1, 0.15) is 0 Å². The summed E-state index contributed by atoms with van der Waals surface area (Å²) in [4.78, 5) is 5.40. The third-order valence-corrected chi connectivity index (χ3v) is 6.50. The van der Waals surface area contributed by atoms with E-state index in [0.29, 0.717) is 6.61 Å². The summed E-state index contributed by atoms with van der Waals surface area (Å²) in [5.41, 5.74) is 1.32. The van der Waals surface area contributed by atoms with E-state index in [2.05, 4.69) is 28.0 Å². The zero-order chi connectivity index (χ0) is 18.6. The fourth-order valence-electron chi connectivity index (χ4n) is 5.45. The first-order chi connectivity index (χ1) is 13.3. The number of hydrogen-bond acceptors (Lipinski definition) is 5. The molecule has 3 fully saturated rings. The van der Waals surface area contributed by atoms with Gasteiger partial charge in [-0.2, -0.15) is 0 Å². The van der Waals surface area contributed by atoms with Crippen LogP contribution in [0, 0.1) is 11.8 Å². The predicted molar refractivity (Wildman–Crippen MR) is 106 cm³/mol. The van der Waals surface area contributed by atoms with Crippen LogP contribution in [-0.2, 0) is 11.3 Å². The Hall–Kier alpha value is -1.30. The summed E-state index contributed by atoms with van der Waals surface area (Å²) in [6, 6.07) is 7.17. The fourth-order valence-corrected chi connectivity index (χ4v) is 5.45. The van der Waals surface area contributed by atoms with E-state index in [-0.39, 0.29) is 0 Å². The molecule has 27 heavy (non-hydrogen) atoms. The Morgan fingerprint density at radius 2 is 1.81 bits per heavy atom. The van der Waals surface area contributed by atoms with Gasteiger partial charge >= 0.3 is 0 Å². The molecule has 0 amide bonds. The lowest BCUT2D eigenvalue weighted by molar-refractivity contribution is -0.0623. The number of likely N-dealkylation sites (tertiary alicyclic amines) is 1. The summed E-state index contributed by atoms with van der Waals surface area (Å²) in [6.45, 7) is 10.2. The van der Waals surface area contributed by atoms with Crippen molar-refractivity contribution in [2.24, 2.45) is 11.8 Å². The Morgan fingerprint density at radius 1 is 1.07 bits per heavy atom. The van der Waals surface area contributed by atoms with Crippen LogP contribution in [0.3, 0.4) is 0 Å². The number of methoxy groups -OCH3 is 1. The van der Waals surface area contributed by atoms with Gasteiger partial charge in [-0.15, -0.1) is 0 Å². The summed E-state index contributed by atoms with van der Waals surface area (Å²) in [7, 11) is 1.72. The first-order valence-corrected chi connectivity index (χ1v) is 10.6. The molecule has 5 nitrogen and oxygen atoms in total. The lowest BCUT2D eigenvalue weighted by Crippen LogP contribution is -2.59. The summed E-state index contributed by atoms with van der Waals surface area (Å²) >= 11 is 0. The second-order valence-electron chi connectivity index (χ2n) is 8.20. The van der Waals surface area contributed by atoms with Crippen LogP contribution in [-0.4, -0.2) is 69.0 Å². The summed E-state index contributed by atoms with van der Waals surface area (Å²) < 4.78 is 16.8. The molecule has 2 aliphatic heterocycles. The van der Waals surface area contributed by atoms with Crippen molar-refractivity contribution in [1.29, 1.82) is 0 Å². The third-order valence-electron chi connectivity index (χ3n) is 6.50. The van der Waals surface area contributed by atoms with Crippen molar-refractivity contribution in [2.45, 2.75) is 38.8 Å². The highest BCUT2D eigenvalue weighted by Crippen LogP contribution is 2.39. The smallest absolute Gasteiger partial charge is 0.161 e. The maximum Gasteiger partial charge on any atom is 0.161 e. The first kappa shape index (κ1) is 19.0. The van der Waals surface area contributed by atoms with E-state index in [0.717, 1.165) is 62.2 Å². The fraction of sp³-hybridized carbons (Fsp3) is 0.727. The molecule has 1 saturated carbocycles. The van der Waals surface area contributed by atoms with Crippen LogP contribution in [0.4, 0.5) is 0 Å². The number of morpholine rings is 1. The van der Waals surface area contributed by atoms with Gasteiger partial charge < -0.3 is 14.2 Å². The second-order valence-corrected chi connectivity index (χ2v) is 8.20. The van der Waals surface area contributed by atoms with Gasteiger partial charge in [-0.1, -0.05) is 12.5 Å². The molecule has 1 aromatic rings. The highest BCUT2D eigenvalue weighted by atomic mass is 16.5. The molecule has 3 aliphatic rings. The Labute approximate surface area is 163 Å². The van der Waals surface area contributed by atoms with E-state index >= 15 is 0 Å². The van der Waals surface area contributed by atoms with Gasteiger partial charge in [0.25, 0.3) is 0 Å². The number of piperidine rings is 1. The summed E-state index contributed by atoms with van der Waals surface area (Å²) in [6.07, 6.45) is 4.16. The van der Waals surface area contributed by atoms with Crippen LogP contribution in [0.1, 0.15) is 31.7 Å². The standard InChI is InChI=1S/C22H34N2O3/c1-3-27-20-8-7-17(13-21(20)25-2)14-23-15-18-5-4-6-19(16-23)22(18)24-9-11-26-12-10-24/h7-8,13,18-19,22H,3-6,9-12,14-16H2,1-2H3/t18-,19-/m0/s1. The molecule has 0 aromatic heterocycles. The predicted octanol–water partition coefficient (Wildman–Crippen LogP) is 3.03. The largest absolute Gasteiger partial charge is 0.493 e. The minimum Gasteiger partial charge on any atom is -0.493 e. The molecular formula is C22H34N2O3. The third kappa shape index (κ3) is 4.25. The van der Waals surface area contributed by atoms with Crippen molar-refractivity contribution in [2.75, 3.05) is 53.1 Å². The van der Waals surface area contributed by atoms with Crippen LogP contribution in [0.15, 0.2) is 18.2 Å². The Balaban J connectivity index is 1.43. The van der Waals surface area contributed by atoms with E-state index in [1.54, 1.807) is 7.11 Å². The second kappa shape index (κ2) is 8.80. The molecule has 0 N–H and O–H groups in total. The van der Waals surface area contributed by atoms with Crippen molar-refractivity contribution >= 4 is 0 Å². The van der Waals surface area contributed by atoms with Gasteiger partial charge in [-0.3, -0.25) is 9.80 Å². The van der Waals surface area contributed by atoms with Gasteiger partial charge in [0.05, 0.1) is 26.9 Å². The highest BCUT2D eigenvalue weighted by Gasteiger charge is 2.42. The van der Waals surface area contributed by atoms with Gasteiger partial charge in [0.15, 0.2) is 11.5 Å². The molecule has 2 atom stereocenters. The maximum absolute atomic E-state index is 5.66. The zero-order valence-corrected chi connectivity index (χ0v) is 16.9. The molecule has 4 rings (SSSR count). The average molecular weight is 375 g/mol. The average Bonchev–Trinajstić information content (AvgIpc) is 2.69. The van der Waals surface area contributed by atoms with Crippen LogP contribution in [0.25, 0.3) is 0 Å². The van der Waals surface area contributed by atoms with Crippen LogP contribution in [0.5, 0.6) is 11.5 Å². The molecule has 2 saturated heterocycles. The molecule has 150 valence electrons. The first-order valence-electron chi connectivity index (χ1n) is 10.6. The van der Waals surface area contributed by atoms with Gasteiger partial charge in [-0.25, -0.2) is 0 Å². The van der Waals surface area contributed by atoms with Crippen molar-refractivity contribution in [3.05, 3.63) is 23.8 Å². The quantitative estimate of drug-likeness (QED) is 0.765. The van der Waals surface area contributed by atoms with E-state index in [9.17, 15) is 0 Å². The molecule has 0 unspecified atom stereocenters. The number of nitrogens with zero attached hydrogens (tertiary/aromatic N) is 2. The summed E-state index contributed by atoms with van der Waals surface area (Å²) in [5, 5.41) is 0. The normalized spacial score (nSPS) is 29.5. The highest BCUT2D eigenvalue weighted by molar-refractivity contribution is 5.43. The Kier molecular flexibility index (Phi) is 6.21. The van der Waals surface area contributed by atoms with Gasteiger partial charge in [0, 0.05) is 38.8 Å². The van der Waals surface area contributed by atoms with Crippen LogP contribution >= 0.6 is 0 Å². The van der Waals surface area contributed by atoms with Crippen molar-refractivity contribution in [3.63, 3.8) is 0 Å². The van der Waals surface area contributed by atoms with Gasteiger partial charge in [-0.05, 0) is 49.3 Å². The number of benzene rings is 1. The van der Waals surface area contributed by atoms with E-state index in [1.807, 2.05) is 6.92 Å². The van der Waals surface area contributed by atoms with Crippen molar-refractivity contribution in [1.82, 2.24) is 9.80 Å². The maximum atomic E-state index is 5.66. The molecule has 2 bridgehead atoms. The molecular weight excluding hydrogens is 340 g/mol. The lowest BCUT2D eigenvalue weighted by atomic mass is 9.72. The molecule has 2 heterocycles. The lowest BCUT2D eigenvalue weighted by Gasteiger charge is -2.52. The van der Waals surface area contributed by atoms with Crippen molar-refractivity contribution < 1.29 is 14.2 Å². The van der Waals surface area contributed by atoms with Crippen LogP contribution < -0.4 is 9.47 Å². The van der Waals surface area contributed by atoms with E-state index in [4.69, 9.17) is 14.2 Å². The monoisotopic (exact) mass is 374 g/mol.